The first-order chi connectivity index (χ1) is 4.41. The average molecular weight is 129 g/mol. The van der Waals surface area contributed by atoms with Crippen LogP contribution in [0, 0.1) is 0 Å². The first-order valence-electron chi connectivity index (χ1n) is 3.22. The molecule has 1 aliphatic heterocycles. The predicted octanol–water partition coefficient (Wildman–Crippen LogP) is 0.798. The van der Waals surface area contributed by atoms with E-state index in [9.17, 15) is 0 Å². The van der Waals surface area contributed by atoms with Crippen LogP contribution < -0.4 is 5.32 Å². The van der Waals surface area contributed by atoms with Crippen LogP contribution in [0.4, 0.5) is 0 Å². The lowest BCUT2D eigenvalue weighted by atomic mass is 10.3. The highest BCUT2D eigenvalue weighted by atomic mass is 16.5. The molecule has 0 amide bonds. The average Bonchev–Trinajstić information content (AvgIpc) is 1.63. The minimum atomic E-state index is 0.653. The van der Waals surface area contributed by atoms with Crippen molar-refractivity contribution in [1.82, 2.24) is 5.32 Å². The zero-order chi connectivity index (χ0) is 6.95. The molecule has 0 bridgehead atoms. The van der Waals surface area contributed by atoms with Gasteiger partial charge in [-0.3, -0.25) is 0 Å². The molecule has 0 radical (unpaired) electrons. The van der Waals surface area contributed by atoms with E-state index in [1.165, 1.54) is 19.5 Å². The van der Waals surface area contributed by atoms with E-state index in [4.69, 9.17) is 0 Å². The van der Waals surface area contributed by atoms with Gasteiger partial charge < -0.3 is 10.1 Å². The molecule has 0 unspecified atom stereocenters. The summed E-state index contributed by atoms with van der Waals surface area (Å²) in [6, 6.07) is 0. The summed E-state index contributed by atoms with van der Waals surface area (Å²) in [6.45, 7) is 6.58. The lowest BCUT2D eigenvalue weighted by Gasteiger charge is -2.09. The van der Waals surface area contributed by atoms with Crippen LogP contribution in [-0.4, -0.2) is 26.8 Å². The number of hydrogen-bond acceptors (Lipinski definition) is 2. The molecule has 2 nitrogen and oxygen atoms in total. The second-order valence-corrected chi connectivity index (χ2v) is 1.85. The quantitative estimate of drug-likeness (QED) is 0.557. The van der Waals surface area contributed by atoms with Crippen LogP contribution in [0.3, 0.4) is 0 Å². The summed E-state index contributed by atoms with van der Waals surface area (Å²) in [7, 11) is 1.64. The summed E-state index contributed by atoms with van der Waals surface area (Å²) < 4.78 is 4.57. The van der Waals surface area contributed by atoms with Crippen LogP contribution in [-0.2, 0) is 4.74 Å². The molecule has 1 fully saturated rings. The van der Waals surface area contributed by atoms with Crippen molar-refractivity contribution in [3.8, 4) is 0 Å². The molecule has 0 aromatic heterocycles. The van der Waals surface area contributed by atoms with E-state index in [0.29, 0.717) is 6.61 Å². The maximum absolute atomic E-state index is 4.57. The van der Waals surface area contributed by atoms with Gasteiger partial charge in [-0.1, -0.05) is 6.08 Å². The molecule has 0 saturated carbocycles. The largest absolute Gasteiger partial charge is 0.381 e. The van der Waals surface area contributed by atoms with Gasteiger partial charge in [-0.05, 0) is 19.5 Å². The van der Waals surface area contributed by atoms with Crippen LogP contribution in [0.2, 0.25) is 0 Å². The third kappa shape index (κ3) is 7.66. The molecule has 0 spiro atoms. The van der Waals surface area contributed by atoms with Crippen LogP contribution in [0.1, 0.15) is 6.42 Å². The van der Waals surface area contributed by atoms with Crippen molar-refractivity contribution >= 4 is 0 Å². The molecule has 1 heterocycles. The van der Waals surface area contributed by atoms with Crippen LogP contribution in [0.5, 0.6) is 0 Å². The summed E-state index contributed by atoms with van der Waals surface area (Å²) >= 11 is 0. The molecule has 2 heteroatoms. The van der Waals surface area contributed by atoms with Crippen LogP contribution in [0.15, 0.2) is 12.7 Å². The van der Waals surface area contributed by atoms with Gasteiger partial charge in [0, 0.05) is 7.11 Å². The van der Waals surface area contributed by atoms with Gasteiger partial charge in [-0.15, -0.1) is 6.58 Å². The van der Waals surface area contributed by atoms with E-state index >= 15 is 0 Å². The molecular weight excluding hydrogens is 114 g/mol. The molecule has 0 atom stereocenters. The Labute approximate surface area is 56.9 Å². The lowest BCUT2D eigenvalue weighted by molar-refractivity contribution is 0.234. The fourth-order valence-electron chi connectivity index (χ4n) is 0.295. The van der Waals surface area contributed by atoms with Crippen molar-refractivity contribution in [2.75, 3.05) is 26.8 Å². The smallest absolute Gasteiger partial charge is 0.0641 e. The second kappa shape index (κ2) is 7.66. The number of hydrogen-bond donors (Lipinski definition) is 1. The van der Waals surface area contributed by atoms with E-state index in [-0.39, 0.29) is 0 Å². The van der Waals surface area contributed by atoms with E-state index in [1.54, 1.807) is 13.2 Å². The van der Waals surface area contributed by atoms with Crippen molar-refractivity contribution in [2.45, 2.75) is 6.42 Å². The summed E-state index contributed by atoms with van der Waals surface area (Å²) in [5.74, 6) is 0. The minimum absolute atomic E-state index is 0.653. The fraction of sp³-hybridized carbons (Fsp3) is 0.714. The zero-order valence-electron chi connectivity index (χ0n) is 6.02. The molecule has 1 N–H and O–H groups in total. The van der Waals surface area contributed by atoms with Gasteiger partial charge in [0.1, 0.15) is 0 Å². The highest BCUT2D eigenvalue weighted by Gasteiger charge is 1.92. The maximum Gasteiger partial charge on any atom is 0.0641 e. The van der Waals surface area contributed by atoms with Gasteiger partial charge in [0.2, 0.25) is 0 Å². The topological polar surface area (TPSA) is 21.3 Å². The highest BCUT2D eigenvalue weighted by molar-refractivity contribution is 4.62. The first-order valence-corrected chi connectivity index (χ1v) is 3.22. The normalized spacial score (nSPS) is 14.8. The number of nitrogens with one attached hydrogen (secondary N) is 1. The molecule has 0 aromatic rings. The van der Waals surface area contributed by atoms with Crippen molar-refractivity contribution < 1.29 is 4.74 Å². The maximum atomic E-state index is 4.57. The van der Waals surface area contributed by atoms with Gasteiger partial charge >= 0.3 is 0 Å². The Balaban J connectivity index is 0.000000144. The standard InChI is InChI=1S/C4H8O.C3H7N/c1-3-4-5-2;1-2-4-3-1/h3H,1,4H2,2H3;4H,1-3H2. The Kier molecular flexibility index (Phi) is 7.37. The van der Waals surface area contributed by atoms with Crippen molar-refractivity contribution in [3.63, 3.8) is 0 Å². The molecule has 1 aliphatic rings. The van der Waals surface area contributed by atoms with Crippen molar-refractivity contribution in [1.29, 1.82) is 0 Å². The first kappa shape index (κ1) is 8.66. The predicted molar refractivity (Wildman–Crippen MR) is 39.6 cm³/mol. The molecule has 1 saturated heterocycles. The van der Waals surface area contributed by atoms with Crippen molar-refractivity contribution in [2.24, 2.45) is 0 Å². The third-order valence-corrected chi connectivity index (χ3v) is 0.992. The van der Waals surface area contributed by atoms with E-state index in [1.807, 2.05) is 0 Å². The highest BCUT2D eigenvalue weighted by Crippen LogP contribution is 1.80. The molecular formula is C7H15NO. The van der Waals surface area contributed by atoms with E-state index in [0.717, 1.165) is 0 Å². The Hall–Kier alpha value is -0.340. The van der Waals surface area contributed by atoms with Crippen molar-refractivity contribution in [3.05, 3.63) is 12.7 Å². The minimum Gasteiger partial charge on any atom is -0.381 e. The summed E-state index contributed by atoms with van der Waals surface area (Å²) in [4.78, 5) is 0. The molecule has 54 valence electrons. The summed E-state index contributed by atoms with van der Waals surface area (Å²) in [5.41, 5.74) is 0. The Morgan fingerprint density at radius 2 is 2.11 bits per heavy atom. The van der Waals surface area contributed by atoms with Crippen LogP contribution >= 0.6 is 0 Å². The number of methoxy groups -OCH3 is 1. The van der Waals surface area contributed by atoms with E-state index < -0.39 is 0 Å². The van der Waals surface area contributed by atoms with Gasteiger partial charge in [0.25, 0.3) is 0 Å². The van der Waals surface area contributed by atoms with Gasteiger partial charge in [-0.25, -0.2) is 0 Å². The molecule has 0 aliphatic carbocycles. The monoisotopic (exact) mass is 129 g/mol. The molecule has 9 heavy (non-hydrogen) atoms. The molecule has 0 aromatic carbocycles. The SMILES string of the molecule is C1CNC1.C=CCOC. The lowest BCUT2D eigenvalue weighted by Crippen LogP contribution is -2.29. The van der Waals surface area contributed by atoms with Gasteiger partial charge in [-0.2, -0.15) is 0 Å². The summed E-state index contributed by atoms with van der Waals surface area (Å²) in [5, 5.41) is 3.11. The molecule has 1 rings (SSSR count). The Bertz CT molecular complexity index is 55.9. The second-order valence-electron chi connectivity index (χ2n) is 1.85. The van der Waals surface area contributed by atoms with Gasteiger partial charge in [0.05, 0.1) is 6.61 Å². The Morgan fingerprint density at radius 1 is 1.67 bits per heavy atom. The Morgan fingerprint density at radius 3 is 2.11 bits per heavy atom. The number of ether oxygens (including phenoxy) is 1. The third-order valence-electron chi connectivity index (χ3n) is 0.992. The van der Waals surface area contributed by atoms with E-state index in [2.05, 4.69) is 16.6 Å². The number of rotatable bonds is 2. The fourth-order valence-corrected chi connectivity index (χ4v) is 0.295. The zero-order valence-corrected chi connectivity index (χ0v) is 6.02. The summed E-state index contributed by atoms with van der Waals surface area (Å²) in [6.07, 6.45) is 3.10. The van der Waals surface area contributed by atoms with Gasteiger partial charge in [0.15, 0.2) is 0 Å². The van der Waals surface area contributed by atoms with Crippen LogP contribution in [0.25, 0.3) is 0 Å².